The second kappa shape index (κ2) is 9.66. The van der Waals surface area contributed by atoms with Gasteiger partial charge in [-0.15, -0.1) is 0 Å². The van der Waals surface area contributed by atoms with Crippen LogP contribution in [-0.2, 0) is 17.8 Å². The number of nitrogens with one attached hydrogen (secondary N) is 3. The van der Waals surface area contributed by atoms with E-state index in [2.05, 4.69) is 33.9 Å². The van der Waals surface area contributed by atoms with Gasteiger partial charge in [-0.3, -0.25) is 4.79 Å². The number of benzene rings is 1. The topological polar surface area (TPSA) is 84.0 Å². The molecule has 0 spiro atoms. The van der Waals surface area contributed by atoms with Gasteiger partial charge in [0, 0.05) is 29.6 Å². The number of fused-ring (bicyclic) bond motifs is 1. The Kier molecular flexibility index (Phi) is 7.54. The van der Waals surface area contributed by atoms with Crippen LogP contribution in [0.15, 0.2) is 17.1 Å². The zero-order valence-electron chi connectivity index (χ0n) is 17.9. The Hall–Kier alpha value is -2.44. The first kappa shape index (κ1) is 21.9. The van der Waals surface area contributed by atoms with Gasteiger partial charge >= 0.3 is 0 Å². The lowest BCUT2D eigenvalue weighted by atomic mass is 10.1. The largest absolute Gasteiger partial charge is 0.494 e. The molecular formula is C21H34N4O3. The van der Waals surface area contributed by atoms with E-state index < -0.39 is 0 Å². The minimum Gasteiger partial charge on any atom is -0.494 e. The van der Waals surface area contributed by atoms with Crippen molar-refractivity contribution >= 4 is 11.9 Å². The summed E-state index contributed by atoms with van der Waals surface area (Å²) in [4.78, 5) is 16.7. The number of hydrogen-bond acceptors (Lipinski definition) is 4. The molecule has 1 heterocycles. The standard InChI is InChI=1S/C21H34N4O3/c1-7-22-20(24-13-19(26)25-21(4,5)6)23-12-16-11-18-15(9-14(3)28-18)10-17(16)27-8-2/h10-11,14H,7-9,12-13H2,1-6H3,(H,25,26)(H2,22,23,24). The summed E-state index contributed by atoms with van der Waals surface area (Å²) < 4.78 is 11.7. The molecule has 3 N–H and O–H groups in total. The van der Waals surface area contributed by atoms with Crippen LogP contribution in [0.1, 0.15) is 52.7 Å². The van der Waals surface area contributed by atoms with E-state index in [9.17, 15) is 4.79 Å². The first-order chi connectivity index (χ1) is 13.2. The summed E-state index contributed by atoms with van der Waals surface area (Å²) in [7, 11) is 0. The van der Waals surface area contributed by atoms with Crippen LogP contribution in [0.2, 0.25) is 0 Å². The van der Waals surface area contributed by atoms with Crippen LogP contribution in [0.25, 0.3) is 0 Å². The third-order valence-corrected chi connectivity index (χ3v) is 4.06. The van der Waals surface area contributed by atoms with E-state index in [1.807, 2.05) is 40.7 Å². The summed E-state index contributed by atoms with van der Waals surface area (Å²) in [6, 6.07) is 4.08. The molecule has 1 aromatic carbocycles. The van der Waals surface area contributed by atoms with E-state index in [0.29, 0.717) is 25.7 Å². The van der Waals surface area contributed by atoms with E-state index in [1.165, 1.54) is 5.56 Å². The highest BCUT2D eigenvalue weighted by atomic mass is 16.5. The van der Waals surface area contributed by atoms with Crippen molar-refractivity contribution in [1.29, 1.82) is 0 Å². The monoisotopic (exact) mass is 390 g/mol. The first-order valence-electron chi connectivity index (χ1n) is 10.00. The third kappa shape index (κ3) is 6.62. The molecule has 1 unspecified atom stereocenters. The fourth-order valence-electron chi connectivity index (χ4n) is 3.03. The van der Waals surface area contributed by atoms with E-state index in [4.69, 9.17) is 9.47 Å². The number of amides is 1. The van der Waals surface area contributed by atoms with Crippen molar-refractivity contribution in [1.82, 2.24) is 16.0 Å². The second-order valence-corrected chi connectivity index (χ2v) is 7.98. The summed E-state index contributed by atoms with van der Waals surface area (Å²) in [5, 5.41) is 9.18. The van der Waals surface area contributed by atoms with Crippen LogP contribution < -0.4 is 25.4 Å². The lowest BCUT2D eigenvalue weighted by molar-refractivity contribution is -0.121. The van der Waals surface area contributed by atoms with Crippen molar-refractivity contribution in [3.63, 3.8) is 0 Å². The molecule has 0 saturated heterocycles. The van der Waals surface area contributed by atoms with Crippen LogP contribution in [0.3, 0.4) is 0 Å². The summed E-state index contributed by atoms with van der Waals surface area (Å²) >= 11 is 0. The predicted octanol–water partition coefficient (Wildman–Crippen LogP) is 2.38. The zero-order chi connectivity index (χ0) is 20.7. The van der Waals surface area contributed by atoms with Crippen molar-refractivity contribution in [2.75, 3.05) is 19.7 Å². The van der Waals surface area contributed by atoms with Crippen molar-refractivity contribution in [2.24, 2.45) is 4.99 Å². The maximum Gasteiger partial charge on any atom is 0.239 e. The molecule has 1 aliphatic heterocycles. The van der Waals surface area contributed by atoms with Crippen molar-refractivity contribution < 1.29 is 14.3 Å². The van der Waals surface area contributed by atoms with Crippen LogP contribution >= 0.6 is 0 Å². The van der Waals surface area contributed by atoms with Gasteiger partial charge in [0.2, 0.25) is 5.91 Å². The Morgan fingerprint density at radius 1 is 1.29 bits per heavy atom. The minimum absolute atomic E-state index is 0.0759. The highest BCUT2D eigenvalue weighted by molar-refractivity contribution is 5.86. The predicted molar refractivity (Wildman–Crippen MR) is 112 cm³/mol. The van der Waals surface area contributed by atoms with Crippen molar-refractivity contribution in [3.8, 4) is 11.5 Å². The molecular weight excluding hydrogens is 356 g/mol. The van der Waals surface area contributed by atoms with Gasteiger partial charge in [0.15, 0.2) is 5.96 Å². The van der Waals surface area contributed by atoms with E-state index in [-0.39, 0.29) is 24.1 Å². The highest BCUT2D eigenvalue weighted by Crippen LogP contribution is 2.35. The molecule has 156 valence electrons. The molecule has 1 amide bonds. The molecule has 2 rings (SSSR count). The molecule has 0 radical (unpaired) electrons. The lowest BCUT2D eigenvalue weighted by Gasteiger charge is -2.21. The molecule has 1 aromatic rings. The highest BCUT2D eigenvalue weighted by Gasteiger charge is 2.22. The number of carbonyl (C=O) groups is 1. The number of guanidine groups is 1. The summed E-state index contributed by atoms with van der Waals surface area (Å²) in [6.07, 6.45) is 1.08. The number of ether oxygens (including phenoxy) is 2. The Labute approximate surface area is 168 Å². The maximum atomic E-state index is 12.0. The van der Waals surface area contributed by atoms with E-state index in [1.54, 1.807) is 0 Å². The van der Waals surface area contributed by atoms with Gasteiger partial charge in [0.1, 0.15) is 17.6 Å². The van der Waals surface area contributed by atoms with Gasteiger partial charge in [0.25, 0.3) is 0 Å². The van der Waals surface area contributed by atoms with Crippen LogP contribution in [0.4, 0.5) is 0 Å². The van der Waals surface area contributed by atoms with E-state index >= 15 is 0 Å². The van der Waals surface area contributed by atoms with Crippen LogP contribution in [0.5, 0.6) is 11.5 Å². The molecule has 1 aliphatic rings. The molecule has 7 nitrogen and oxygen atoms in total. The molecule has 0 aliphatic carbocycles. The van der Waals surface area contributed by atoms with Crippen molar-refractivity contribution in [3.05, 3.63) is 23.3 Å². The van der Waals surface area contributed by atoms with Gasteiger partial charge in [-0.2, -0.15) is 0 Å². The summed E-state index contributed by atoms with van der Waals surface area (Å²) in [5.41, 5.74) is 1.88. The zero-order valence-corrected chi connectivity index (χ0v) is 17.9. The quantitative estimate of drug-likeness (QED) is 0.492. The lowest BCUT2D eigenvalue weighted by Crippen LogP contribution is -2.48. The number of carbonyl (C=O) groups excluding carboxylic acids is 1. The third-order valence-electron chi connectivity index (χ3n) is 4.06. The molecule has 1 atom stereocenters. The summed E-state index contributed by atoms with van der Waals surface area (Å²) in [6.45, 7) is 13.8. The van der Waals surface area contributed by atoms with E-state index in [0.717, 1.165) is 23.5 Å². The Bertz CT molecular complexity index is 710. The average Bonchev–Trinajstić information content (AvgIpc) is 2.95. The maximum absolute atomic E-state index is 12.0. The molecule has 0 fully saturated rings. The minimum atomic E-state index is -0.262. The molecule has 0 bridgehead atoms. The fourth-order valence-corrected chi connectivity index (χ4v) is 3.03. The second-order valence-electron chi connectivity index (χ2n) is 7.98. The average molecular weight is 391 g/mol. The van der Waals surface area contributed by atoms with Crippen LogP contribution in [-0.4, -0.2) is 43.2 Å². The van der Waals surface area contributed by atoms with Gasteiger partial charge in [0.05, 0.1) is 19.7 Å². The smallest absolute Gasteiger partial charge is 0.239 e. The first-order valence-corrected chi connectivity index (χ1v) is 10.00. The number of aliphatic imine (C=N–C) groups is 1. The fraction of sp³-hybridized carbons (Fsp3) is 0.619. The number of hydrogen-bond donors (Lipinski definition) is 3. The molecule has 0 aromatic heterocycles. The number of rotatable bonds is 7. The Morgan fingerprint density at radius 3 is 2.68 bits per heavy atom. The van der Waals surface area contributed by atoms with Gasteiger partial charge in [-0.05, 0) is 53.7 Å². The van der Waals surface area contributed by atoms with Gasteiger partial charge in [-0.25, -0.2) is 4.99 Å². The SMILES string of the molecule is CCNC(=NCc1cc2c(cc1OCC)CC(C)O2)NCC(=O)NC(C)(C)C. The summed E-state index contributed by atoms with van der Waals surface area (Å²) in [5.74, 6) is 2.25. The number of nitrogens with zero attached hydrogens (tertiary/aromatic N) is 1. The van der Waals surface area contributed by atoms with Gasteiger partial charge < -0.3 is 25.4 Å². The Morgan fingerprint density at radius 2 is 2.04 bits per heavy atom. The van der Waals surface area contributed by atoms with Crippen molar-refractivity contribution in [2.45, 2.75) is 66.2 Å². The normalized spacial score (nSPS) is 16.2. The Balaban J connectivity index is 2.09. The molecule has 0 saturated carbocycles. The van der Waals surface area contributed by atoms with Crippen LogP contribution in [0, 0.1) is 0 Å². The molecule has 7 heteroatoms. The van der Waals surface area contributed by atoms with Gasteiger partial charge in [-0.1, -0.05) is 0 Å². The molecule has 28 heavy (non-hydrogen) atoms.